The highest BCUT2D eigenvalue weighted by molar-refractivity contribution is 7.98. The molecule has 0 saturated heterocycles. The molecule has 0 aliphatic heterocycles. The van der Waals surface area contributed by atoms with E-state index in [0.29, 0.717) is 0 Å². The SMILES string of the molecule is CC.CC(C)Cc1ccccc1.CSc1ccccc1. The van der Waals surface area contributed by atoms with Gasteiger partial charge in [0.05, 0.1) is 0 Å². The summed E-state index contributed by atoms with van der Waals surface area (Å²) in [6.45, 7) is 8.49. The van der Waals surface area contributed by atoms with Crippen LogP contribution in [0.25, 0.3) is 0 Å². The molecule has 0 aromatic heterocycles. The van der Waals surface area contributed by atoms with E-state index in [1.165, 1.54) is 16.9 Å². The van der Waals surface area contributed by atoms with Crippen LogP contribution in [0.3, 0.4) is 0 Å². The van der Waals surface area contributed by atoms with Gasteiger partial charge in [-0.1, -0.05) is 76.2 Å². The third-order valence-corrected chi connectivity index (χ3v) is 3.21. The van der Waals surface area contributed by atoms with Crippen LogP contribution in [-0.4, -0.2) is 6.26 Å². The summed E-state index contributed by atoms with van der Waals surface area (Å²) in [6, 6.07) is 20.9. The lowest BCUT2D eigenvalue weighted by Crippen LogP contribution is -1.92. The van der Waals surface area contributed by atoms with Gasteiger partial charge >= 0.3 is 0 Å². The largest absolute Gasteiger partial charge is 0.130 e. The fraction of sp³-hybridized carbons (Fsp3) is 0.368. The number of thioether (sulfide) groups is 1. The maximum absolute atomic E-state index is 2.24. The number of benzene rings is 2. The van der Waals surface area contributed by atoms with E-state index in [-0.39, 0.29) is 0 Å². The second-order valence-electron chi connectivity index (χ2n) is 4.60. The lowest BCUT2D eigenvalue weighted by molar-refractivity contribution is 0.647. The zero-order valence-corrected chi connectivity index (χ0v) is 14.3. The molecule has 0 aliphatic rings. The van der Waals surface area contributed by atoms with Gasteiger partial charge in [-0.05, 0) is 36.3 Å². The molecule has 1 heteroatoms. The Balaban J connectivity index is 0.000000327. The first kappa shape index (κ1) is 18.8. The summed E-state index contributed by atoms with van der Waals surface area (Å²) in [5.74, 6) is 0.766. The van der Waals surface area contributed by atoms with Crippen molar-refractivity contribution in [1.29, 1.82) is 0 Å². The van der Waals surface area contributed by atoms with E-state index in [1.54, 1.807) is 11.8 Å². The minimum absolute atomic E-state index is 0.766. The van der Waals surface area contributed by atoms with Crippen molar-refractivity contribution < 1.29 is 0 Å². The van der Waals surface area contributed by atoms with E-state index in [0.717, 1.165) is 5.92 Å². The highest BCUT2D eigenvalue weighted by Crippen LogP contribution is 2.11. The average molecular weight is 288 g/mol. The topological polar surface area (TPSA) is 0 Å². The van der Waals surface area contributed by atoms with Crippen LogP contribution in [0.2, 0.25) is 0 Å². The van der Waals surface area contributed by atoms with Crippen molar-refractivity contribution in [2.45, 2.75) is 39.0 Å². The maximum Gasteiger partial charge on any atom is 0.00691 e. The van der Waals surface area contributed by atoms with Gasteiger partial charge in [0.25, 0.3) is 0 Å². The van der Waals surface area contributed by atoms with E-state index >= 15 is 0 Å². The maximum atomic E-state index is 2.24. The Kier molecular flexibility index (Phi) is 12.0. The summed E-state index contributed by atoms with van der Waals surface area (Å²) in [5.41, 5.74) is 1.44. The lowest BCUT2D eigenvalue weighted by atomic mass is 10.0. The number of rotatable bonds is 3. The Morgan fingerprint density at radius 1 is 0.800 bits per heavy atom. The van der Waals surface area contributed by atoms with E-state index in [1.807, 2.05) is 32.0 Å². The molecule has 0 amide bonds. The van der Waals surface area contributed by atoms with Crippen molar-refractivity contribution in [1.82, 2.24) is 0 Å². The zero-order chi connectivity index (χ0) is 15.2. The fourth-order valence-electron chi connectivity index (χ4n) is 1.64. The smallest absolute Gasteiger partial charge is 0.00691 e. The second kappa shape index (κ2) is 12.8. The van der Waals surface area contributed by atoms with Gasteiger partial charge in [0.15, 0.2) is 0 Å². The van der Waals surface area contributed by atoms with Crippen molar-refractivity contribution >= 4 is 11.8 Å². The first-order valence-electron chi connectivity index (χ1n) is 7.35. The molecule has 0 aliphatic carbocycles. The van der Waals surface area contributed by atoms with Crippen LogP contribution >= 0.6 is 11.8 Å². The van der Waals surface area contributed by atoms with Crippen LogP contribution < -0.4 is 0 Å². The molecule has 20 heavy (non-hydrogen) atoms. The molecular weight excluding hydrogens is 260 g/mol. The van der Waals surface area contributed by atoms with Gasteiger partial charge in [-0.2, -0.15) is 0 Å². The highest BCUT2D eigenvalue weighted by Gasteiger charge is 1.94. The van der Waals surface area contributed by atoms with Crippen LogP contribution in [-0.2, 0) is 6.42 Å². The Morgan fingerprint density at radius 3 is 1.60 bits per heavy atom. The summed E-state index contributed by atoms with van der Waals surface area (Å²) in [5, 5.41) is 0. The average Bonchev–Trinajstić information content (AvgIpc) is 2.51. The first-order valence-corrected chi connectivity index (χ1v) is 8.57. The highest BCUT2D eigenvalue weighted by atomic mass is 32.2. The fourth-order valence-corrected chi connectivity index (χ4v) is 2.07. The van der Waals surface area contributed by atoms with E-state index in [4.69, 9.17) is 0 Å². The third kappa shape index (κ3) is 9.69. The zero-order valence-electron chi connectivity index (χ0n) is 13.5. The number of hydrogen-bond acceptors (Lipinski definition) is 1. The summed E-state index contributed by atoms with van der Waals surface area (Å²) < 4.78 is 0. The molecule has 110 valence electrons. The van der Waals surface area contributed by atoms with Crippen molar-refractivity contribution in [2.75, 3.05) is 6.26 Å². The minimum atomic E-state index is 0.766. The van der Waals surface area contributed by atoms with Crippen molar-refractivity contribution in [3.63, 3.8) is 0 Å². The molecule has 0 bridgehead atoms. The van der Waals surface area contributed by atoms with Crippen LogP contribution in [0.15, 0.2) is 65.6 Å². The molecule has 2 rings (SSSR count). The third-order valence-electron chi connectivity index (χ3n) is 2.47. The molecule has 2 aromatic rings. The van der Waals surface area contributed by atoms with Crippen LogP contribution in [0, 0.1) is 5.92 Å². The van der Waals surface area contributed by atoms with Crippen molar-refractivity contribution in [3.05, 3.63) is 66.2 Å². The van der Waals surface area contributed by atoms with Gasteiger partial charge in [-0.3, -0.25) is 0 Å². The number of hydrogen-bond donors (Lipinski definition) is 0. The molecule has 2 aromatic carbocycles. The molecule has 0 heterocycles. The molecule has 0 nitrogen and oxygen atoms in total. The summed E-state index contributed by atoms with van der Waals surface area (Å²) in [7, 11) is 0. The standard InChI is InChI=1S/C10H14.C7H8S.C2H6/c1-9(2)8-10-6-4-3-5-7-10;1-8-7-5-3-2-4-6-7;1-2/h3-7,9H,8H2,1-2H3;2-6H,1H3;1-2H3. The van der Waals surface area contributed by atoms with Gasteiger partial charge in [0.1, 0.15) is 0 Å². The molecule has 0 unspecified atom stereocenters. The monoisotopic (exact) mass is 288 g/mol. The van der Waals surface area contributed by atoms with Gasteiger partial charge in [0.2, 0.25) is 0 Å². The van der Waals surface area contributed by atoms with Crippen molar-refractivity contribution in [3.8, 4) is 0 Å². The molecule has 0 atom stereocenters. The van der Waals surface area contributed by atoms with Crippen LogP contribution in [0.4, 0.5) is 0 Å². The Morgan fingerprint density at radius 2 is 1.25 bits per heavy atom. The molecular formula is C19H28S. The van der Waals surface area contributed by atoms with E-state index < -0.39 is 0 Å². The Hall–Kier alpha value is -1.21. The van der Waals surface area contributed by atoms with Gasteiger partial charge < -0.3 is 0 Å². The van der Waals surface area contributed by atoms with Gasteiger partial charge in [-0.25, -0.2) is 0 Å². The van der Waals surface area contributed by atoms with E-state index in [9.17, 15) is 0 Å². The van der Waals surface area contributed by atoms with E-state index in [2.05, 4.69) is 62.6 Å². The summed E-state index contributed by atoms with van der Waals surface area (Å²) in [6.07, 6.45) is 3.27. The van der Waals surface area contributed by atoms with Gasteiger partial charge in [-0.15, -0.1) is 11.8 Å². The molecule has 0 saturated carbocycles. The van der Waals surface area contributed by atoms with Crippen LogP contribution in [0.1, 0.15) is 33.3 Å². The normalized spacial score (nSPS) is 9.10. The quantitative estimate of drug-likeness (QED) is 0.595. The lowest BCUT2D eigenvalue weighted by Gasteiger charge is -2.02. The molecule has 0 fully saturated rings. The predicted octanol–water partition coefficient (Wildman–Crippen LogP) is 6.32. The second-order valence-corrected chi connectivity index (χ2v) is 5.48. The molecule has 0 N–H and O–H groups in total. The molecule has 0 spiro atoms. The molecule has 0 radical (unpaired) electrons. The Bertz CT molecular complexity index is 406. The van der Waals surface area contributed by atoms with Crippen molar-refractivity contribution in [2.24, 2.45) is 5.92 Å². The Labute approximate surface area is 129 Å². The summed E-state index contributed by atoms with van der Waals surface area (Å²) in [4.78, 5) is 1.33. The van der Waals surface area contributed by atoms with Crippen LogP contribution in [0.5, 0.6) is 0 Å². The first-order chi connectivity index (χ1) is 9.72. The minimum Gasteiger partial charge on any atom is -0.130 e. The van der Waals surface area contributed by atoms with Gasteiger partial charge in [0, 0.05) is 4.90 Å². The predicted molar refractivity (Wildman–Crippen MR) is 94.6 cm³/mol. The summed E-state index contributed by atoms with van der Waals surface area (Å²) >= 11 is 1.77.